The quantitative estimate of drug-likeness (QED) is 0.360. The summed E-state index contributed by atoms with van der Waals surface area (Å²) in [5.41, 5.74) is 0. The van der Waals surface area contributed by atoms with Crippen molar-refractivity contribution in [3.63, 3.8) is 0 Å². The molecule has 0 aliphatic carbocycles. The van der Waals surface area contributed by atoms with Crippen LogP contribution in [0.2, 0.25) is 0 Å². The number of unbranched alkanes of at least 4 members (excludes halogenated alkanes) is 8. The summed E-state index contributed by atoms with van der Waals surface area (Å²) in [5, 5.41) is 11.3. The van der Waals surface area contributed by atoms with E-state index >= 15 is 0 Å². The molecule has 0 heterocycles. The molecule has 0 aromatic heterocycles. The molecule has 21 heavy (non-hydrogen) atoms. The van der Waals surface area contributed by atoms with Crippen LogP contribution in [0.5, 0.6) is 0 Å². The van der Waals surface area contributed by atoms with E-state index in [9.17, 15) is 9.59 Å². The second-order valence-corrected chi connectivity index (χ2v) is 5.44. The summed E-state index contributed by atoms with van der Waals surface area (Å²) < 4.78 is 0. The van der Waals surface area contributed by atoms with Crippen molar-refractivity contribution < 1.29 is 14.7 Å². The Kier molecular flexibility index (Phi) is 20.2. The van der Waals surface area contributed by atoms with Crippen molar-refractivity contribution >= 4 is 41.3 Å². The fraction of sp³-hybridized carbons (Fsp3) is 0.875. The number of carbonyl (C=O) groups is 2. The predicted molar refractivity (Wildman–Crippen MR) is 87.7 cm³/mol. The van der Waals surface area contributed by atoms with Gasteiger partial charge in [0.15, 0.2) is 0 Å². The Labute approximate surface area is 151 Å². The van der Waals surface area contributed by atoms with Gasteiger partial charge in [0.05, 0.1) is 13.0 Å². The van der Waals surface area contributed by atoms with E-state index in [4.69, 9.17) is 5.11 Å². The van der Waals surface area contributed by atoms with Crippen LogP contribution >= 0.6 is 0 Å². The third-order valence-corrected chi connectivity index (χ3v) is 3.40. The molecule has 0 bridgehead atoms. The first-order chi connectivity index (χ1) is 9.66. The van der Waals surface area contributed by atoms with Gasteiger partial charge in [-0.15, -0.1) is 0 Å². The molecular formula is C16H31NNaO3. The number of Topliss-reactive ketones (excluding diaryl/α,β-unsaturated/α-hetero) is 1. The molecule has 0 aromatic rings. The SMILES string of the molecule is CCCCCCCCCCCC(=O)CNCCC(=O)O.[Na]. The van der Waals surface area contributed by atoms with Gasteiger partial charge in [-0.25, -0.2) is 0 Å². The minimum absolute atomic E-state index is 0. The van der Waals surface area contributed by atoms with E-state index in [1.807, 2.05) is 0 Å². The molecule has 5 heteroatoms. The molecule has 0 atom stereocenters. The topological polar surface area (TPSA) is 66.4 Å². The predicted octanol–water partition coefficient (Wildman–Crippen LogP) is 3.16. The molecule has 2 N–H and O–H groups in total. The smallest absolute Gasteiger partial charge is 0.304 e. The van der Waals surface area contributed by atoms with Crippen molar-refractivity contribution in [2.24, 2.45) is 0 Å². The van der Waals surface area contributed by atoms with E-state index in [-0.39, 0.29) is 41.8 Å². The average Bonchev–Trinajstić information content (AvgIpc) is 2.41. The standard InChI is InChI=1S/C16H31NO3.Na/c1-2-3-4-5-6-7-8-9-10-11-15(18)14-17-13-12-16(19)20;/h17H,2-14H2,1H3,(H,19,20);. The molecule has 0 aromatic carbocycles. The average molecular weight is 308 g/mol. The second-order valence-electron chi connectivity index (χ2n) is 5.44. The fourth-order valence-electron chi connectivity index (χ4n) is 2.14. The van der Waals surface area contributed by atoms with Crippen molar-refractivity contribution in [3.05, 3.63) is 0 Å². The monoisotopic (exact) mass is 308 g/mol. The number of ketones is 1. The van der Waals surface area contributed by atoms with Gasteiger partial charge in [-0.2, -0.15) is 0 Å². The third kappa shape index (κ3) is 20.1. The fourth-order valence-corrected chi connectivity index (χ4v) is 2.14. The van der Waals surface area contributed by atoms with Crippen LogP contribution in [-0.4, -0.2) is 59.5 Å². The van der Waals surface area contributed by atoms with E-state index < -0.39 is 5.97 Å². The summed E-state index contributed by atoms with van der Waals surface area (Å²) in [6.07, 6.45) is 12.0. The molecule has 0 amide bonds. The Morgan fingerprint density at radius 3 is 1.90 bits per heavy atom. The van der Waals surface area contributed by atoms with Gasteiger partial charge in [0, 0.05) is 42.5 Å². The first kappa shape index (κ1) is 23.4. The van der Waals surface area contributed by atoms with Crippen molar-refractivity contribution in [1.82, 2.24) is 5.32 Å². The molecule has 0 spiro atoms. The van der Waals surface area contributed by atoms with Gasteiger partial charge in [0.25, 0.3) is 0 Å². The Hall–Kier alpha value is 0.100. The molecule has 0 aliphatic heterocycles. The normalized spacial score (nSPS) is 10.1. The molecule has 119 valence electrons. The van der Waals surface area contributed by atoms with Gasteiger partial charge in [-0.3, -0.25) is 9.59 Å². The maximum Gasteiger partial charge on any atom is 0.304 e. The Bertz CT molecular complexity index is 260. The zero-order valence-electron chi connectivity index (χ0n) is 14.0. The second kappa shape index (κ2) is 18.1. The Morgan fingerprint density at radius 2 is 1.38 bits per heavy atom. The zero-order chi connectivity index (χ0) is 15.1. The molecule has 0 saturated heterocycles. The van der Waals surface area contributed by atoms with E-state index in [1.165, 1.54) is 44.9 Å². The minimum Gasteiger partial charge on any atom is -0.481 e. The van der Waals surface area contributed by atoms with Crippen molar-refractivity contribution in [2.75, 3.05) is 13.1 Å². The molecule has 1 radical (unpaired) electrons. The zero-order valence-corrected chi connectivity index (χ0v) is 16.0. The third-order valence-electron chi connectivity index (χ3n) is 3.40. The van der Waals surface area contributed by atoms with Gasteiger partial charge in [-0.1, -0.05) is 58.3 Å². The van der Waals surface area contributed by atoms with Crippen LogP contribution in [0.1, 0.15) is 77.6 Å². The maximum absolute atomic E-state index is 11.5. The Balaban J connectivity index is 0. The summed E-state index contributed by atoms with van der Waals surface area (Å²) in [6.45, 7) is 2.91. The number of carbonyl (C=O) groups excluding carboxylic acids is 1. The van der Waals surface area contributed by atoms with Crippen LogP contribution < -0.4 is 5.32 Å². The molecular weight excluding hydrogens is 277 g/mol. The number of aliphatic carboxylic acids is 1. The van der Waals surface area contributed by atoms with E-state index in [2.05, 4.69) is 12.2 Å². The molecule has 0 aliphatic rings. The summed E-state index contributed by atoms with van der Waals surface area (Å²) in [7, 11) is 0. The molecule has 0 fully saturated rings. The van der Waals surface area contributed by atoms with Gasteiger partial charge in [-0.05, 0) is 6.42 Å². The maximum atomic E-state index is 11.5. The summed E-state index contributed by atoms with van der Waals surface area (Å²) in [5.74, 6) is -0.637. The first-order valence-electron chi connectivity index (χ1n) is 8.11. The van der Waals surface area contributed by atoms with Crippen LogP contribution in [0.4, 0.5) is 0 Å². The first-order valence-corrected chi connectivity index (χ1v) is 8.11. The van der Waals surface area contributed by atoms with Crippen LogP contribution in [0.25, 0.3) is 0 Å². The number of rotatable bonds is 15. The van der Waals surface area contributed by atoms with Gasteiger partial charge in [0.1, 0.15) is 5.78 Å². The number of hydrogen-bond donors (Lipinski definition) is 2. The van der Waals surface area contributed by atoms with Gasteiger partial charge < -0.3 is 10.4 Å². The molecule has 0 unspecified atom stereocenters. The van der Waals surface area contributed by atoms with Crippen LogP contribution in [-0.2, 0) is 9.59 Å². The number of hydrogen-bond acceptors (Lipinski definition) is 3. The summed E-state index contributed by atoms with van der Waals surface area (Å²) in [4.78, 5) is 21.8. The van der Waals surface area contributed by atoms with Crippen LogP contribution in [0.15, 0.2) is 0 Å². The van der Waals surface area contributed by atoms with E-state index in [0.29, 0.717) is 19.5 Å². The molecule has 0 rings (SSSR count). The largest absolute Gasteiger partial charge is 0.481 e. The summed E-state index contributed by atoms with van der Waals surface area (Å²) in [6, 6.07) is 0. The summed E-state index contributed by atoms with van der Waals surface area (Å²) >= 11 is 0. The Morgan fingerprint density at radius 1 is 0.857 bits per heavy atom. The number of carboxylic acid groups (broad SMARTS) is 1. The van der Waals surface area contributed by atoms with Crippen molar-refractivity contribution in [2.45, 2.75) is 77.6 Å². The number of carboxylic acids is 1. The molecule has 4 nitrogen and oxygen atoms in total. The number of nitrogens with one attached hydrogen (secondary N) is 1. The van der Waals surface area contributed by atoms with Gasteiger partial charge >= 0.3 is 5.97 Å². The van der Waals surface area contributed by atoms with Crippen LogP contribution in [0.3, 0.4) is 0 Å². The van der Waals surface area contributed by atoms with Crippen LogP contribution in [0, 0.1) is 0 Å². The molecule has 0 saturated carbocycles. The van der Waals surface area contributed by atoms with Crippen molar-refractivity contribution in [3.8, 4) is 0 Å². The van der Waals surface area contributed by atoms with E-state index in [1.54, 1.807) is 0 Å². The van der Waals surface area contributed by atoms with Crippen molar-refractivity contribution in [1.29, 1.82) is 0 Å². The van der Waals surface area contributed by atoms with Gasteiger partial charge in [0.2, 0.25) is 0 Å². The minimum atomic E-state index is -0.830. The van der Waals surface area contributed by atoms with E-state index in [0.717, 1.165) is 12.8 Å².